The standard InChI is InChI=1S/C16H16FNO2/c1-11-9-12(3-8-15(11)17)10-18-16(19)13-4-6-14(20-2)7-5-13/h3-9H,10H2,1-2H3,(H,18,19). The summed E-state index contributed by atoms with van der Waals surface area (Å²) in [6.45, 7) is 2.07. The quantitative estimate of drug-likeness (QED) is 0.929. The third-order valence-electron chi connectivity index (χ3n) is 3.03. The lowest BCUT2D eigenvalue weighted by Crippen LogP contribution is -2.22. The molecular formula is C16H16FNO2. The van der Waals surface area contributed by atoms with Crippen LogP contribution in [-0.4, -0.2) is 13.0 Å². The minimum Gasteiger partial charge on any atom is -0.497 e. The smallest absolute Gasteiger partial charge is 0.251 e. The number of halogens is 1. The Bertz CT molecular complexity index is 608. The van der Waals surface area contributed by atoms with Gasteiger partial charge in [-0.05, 0) is 48.4 Å². The molecular weight excluding hydrogens is 257 g/mol. The summed E-state index contributed by atoms with van der Waals surface area (Å²) in [5.74, 6) is 0.292. The van der Waals surface area contributed by atoms with Gasteiger partial charge in [0.1, 0.15) is 11.6 Å². The Morgan fingerprint density at radius 1 is 1.20 bits per heavy atom. The van der Waals surface area contributed by atoms with Crippen molar-refractivity contribution in [3.8, 4) is 5.75 Å². The zero-order valence-corrected chi connectivity index (χ0v) is 11.4. The van der Waals surface area contributed by atoms with Crippen LogP contribution in [-0.2, 0) is 6.54 Å². The van der Waals surface area contributed by atoms with Crippen molar-refractivity contribution >= 4 is 5.91 Å². The summed E-state index contributed by atoms with van der Waals surface area (Å²) < 4.78 is 18.2. The van der Waals surface area contributed by atoms with E-state index in [9.17, 15) is 9.18 Å². The highest BCUT2D eigenvalue weighted by molar-refractivity contribution is 5.94. The summed E-state index contributed by atoms with van der Waals surface area (Å²) in [6, 6.07) is 11.7. The first-order valence-corrected chi connectivity index (χ1v) is 6.27. The molecule has 1 amide bonds. The Balaban J connectivity index is 1.98. The molecule has 0 aliphatic heterocycles. The molecule has 0 aromatic heterocycles. The predicted octanol–water partition coefficient (Wildman–Crippen LogP) is 3.07. The lowest BCUT2D eigenvalue weighted by atomic mass is 10.1. The maximum Gasteiger partial charge on any atom is 0.251 e. The van der Waals surface area contributed by atoms with E-state index in [4.69, 9.17) is 4.74 Å². The van der Waals surface area contributed by atoms with Crippen molar-refractivity contribution in [1.82, 2.24) is 5.32 Å². The van der Waals surface area contributed by atoms with Crippen LogP contribution in [0.3, 0.4) is 0 Å². The number of rotatable bonds is 4. The molecule has 0 heterocycles. The maximum atomic E-state index is 13.1. The molecule has 0 unspecified atom stereocenters. The molecule has 0 spiro atoms. The second-order valence-electron chi connectivity index (χ2n) is 4.49. The topological polar surface area (TPSA) is 38.3 Å². The molecule has 3 nitrogen and oxygen atoms in total. The summed E-state index contributed by atoms with van der Waals surface area (Å²) in [7, 11) is 1.58. The molecule has 0 fully saturated rings. The number of carbonyl (C=O) groups excluding carboxylic acids is 1. The van der Waals surface area contributed by atoms with Gasteiger partial charge in [-0.2, -0.15) is 0 Å². The summed E-state index contributed by atoms with van der Waals surface area (Å²) in [5, 5.41) is 2.80. The van der Waals surface area contributed by atoms with Crippen molar-refractivity contribution in [2.75, 3.05) is 7.11 Å². The van der Waals surface area contributed by atoms with Crippen LogP contribution < -0.4 is 10.1 Å². The first-order valence-electron chi connectivity index (χ1n) is 6.27. The van der Waals surface area contributed by atoms with Crippen molar-refractivity contribution < 1.29 is 13.9 Å². The van der Waals surface area contributed by atoms with Crippen molar-refractivity contribution in [1.29, 1.82) is 0 Å². The lowest BCUT2D eigenvalue weighted by molar-refractivity contribution is 0.0951. The van der Waals surface area contributed by atoms with Crippen molar-refractivity contribution in [2.24, 2.45) is 0 Å². The highest BCUT2D eigenvalue weighted by Gasteiger charge is 2.06. The van der Waals surface area contributed by atoms with Gasteiger partial charge in [0.05, 0.1) is 7.11 Å². The van der Waals surface area contributed by atoms with Crippen LogP contribution in [0.25, 0.3) is 0 Å². The minimum atomic E-state index is -0.241. The van der Waals surface area contributed by atoms with Crippen LogP contribution in [0.5, 0.6) is 5.75 Å². The Morgan fingerprint density at radius 2 is 1.90 bits per heavy atom. The second-order valence-corrected chi connectivity index (χ2v) is 4.49. The van der Waals surface area contributed by atoms with Crippen molar-refractivity contribution in [3.63, 3.8) is 0 Å². The molecule has 0 saturated heterocycles. The van der Waals surface area contributed by atoms with Crippen molar-refractivity contribution in [3.05, 3.63) is 65.0 Å². The lowest BCUT2D eigenvalue weighted by Gasteiger charge is -2.07. The fraction of sp³-hybridized carbons (Fsp3) is 0.188. The van der Waals surface area contributed by atoms with E-state index in [1.165, 1.54) is 6.07 Å². The molecule has 0 aliphatic rings. The Morgan fingerprint density at radius 3 is 2.50 bits per heavy atom. The van der Waals surface area contributed by atoms with Gasteiger partial charge < -0.3 is 10.1 Å². The number of aryl methyl sites for hydroxylation is 1. The average molecular weight is 273 g/mol. The Kier molecular flexibility index (Phi) is 4.35. The first kappa shape index (κ1) is 14.1. The summed E-state index contributed by atoms with van der Waals surface area (Å²) in [5.41, 5.74) is 2.00. The number of benzene rings is 2. The van der Waals surface area contributed by atoms with E-state index in [2.05, 4.69) is 5.32 Å². The molecule has 104 valence electrons. The molecule has 0 atom stereocenters. The molecule has 2 rings (SSSR count). The van der Waals surface area contributed by atoms with Gasteiger partial charge in [-0.1, -0.05) is 12.1 Å². The number of methoxy groups -OCH3 is 1. The van der Waals surface area contributed by atoms with Crippen LogP contribution in [0.4, 0.5) is 4.39 Å². The number of nitrogens with one attached hydrogen (secondary N) is 1. The minimum absolute atomic E-state index is 0.172. The summed E-state index contributed by atoms with van der Waals surface area (Å²) >= 11 is 0. The molecule has 0 saturated carbocycles. The average Bonchev–Trinajstić information content (AvgIpc) is 2.48. The van der Waals surface area contributed by atoms with Crippen LogP contribution in [0.1, 0.15) is 21.5 Å². The molecule has 1 N–H and O–H groups in total. The van der Waals surface area contributed by atoms with Gasteiger partial charge in [-0.3, -0.25) is 4.79 Å². The molecule has 4 heteroatoms. The highest BCUT2D eigenvalue weighted by atomic mass is 19.1. The van der Waals surface area contributed by atoms with E-state index < -0.39 is 0 Å². The fourth-order valence-electron chi connectivity index (χ4n) is 1.84. The van der Waals surface area contributed by atoms with Crippen LogP contribution in [0, 0.1) is 12.7 Å². The second kappa shape index (κ2) is 6.19. The molecule has 0 radical (unpaired) electrons. The molecule has 2 aromatic rings. The Labute approximate surface area is 117 Å². The fourth-order valence-corrected chi connectivity index (χ4v) is 1.84. The first-order chi connectivity index (χ1) is 9.60. The molecule has 0 aliphatic carbocycles. The van der Waals surface area contributed by atoms with E-state index in [1.807, 2.05) is 0 Å². The highest BCUT2D eigenvalue weighted by Crippen LogP contribution is 2.12. The largest absolute Gasteiger partial charge is 0.497 e. The van der Waals surface area contributed by atoms with Gasteiger partial charge in [-0.25, -0.2) is 4.39 Å². The van der Waals surface area contributed by atoms with Crippen molar-refractivity contribution in [2.45, 2.75) is 13.5 Å². The molecule has 0 bridgehead atoms. The van der Waals surface area contributed by atoms with Gasteiger partial charge >= 0.3 is 0 Å². The van der Waals surface area contributed by atoms with Gasteiger partial charge in [0.2, 0.25) is 0 Å². The van der Waals surface area contributed by atoms with Crippen LogP contribution in [0.2, 0.25) is 0 Å². The van der Waals surface area contributed by atoms with E-state index in [0.717, 1.165) is 5.56 Å². The third-order valence-corrected chi connectivity index (χ3v) is 3.03. The SMILES string of the molecule is COc1ccc(C(=O)NCc2ccc(F)c(C)c2)cc1. The third kappa shape index (κ3) is 3.35. The summed E-state index contributed by atoms with van der Waals surface area (Å²) in [6.07, 6.45) is 0. The number of hydrogen-bond donors (Lipinski definition) is 1. The monoisotopic (exact) mass is 273 g/mol. The van der Waals surface area contributed by atoms with Gasteiger partial charge in [0.25, 0.3) is 5.91 Å². The normalized spacial score (nSPS) is 10.2. The zero-order chi connectivity index (χ0) is 14.5. The van der Waals surface area contributed by atoms with Gasteiger partial charge in [0.15, 0.2) is 0 Å². The summed E-state index contributed by atoms with van der Waals surface area (Å²) in [4.78, 5) is 11.9. The zero-order valence-electron chi connectivity index (χ0n) is 11.4. The predicted molar refractivity (Wildman–Crippen MR) is 75.3 cm³/mol. The maximum absolute atomic E-state index is 13.1. The number of ether oxygens (including phenoxy) is 1. The van der Waals surface area contributed by atoms with Gasteiger partial charge in [0, 0.05) is 12.1 Å². The number of carbonyl (C=O) groups is 1. The Hall–Kier alpha value is -2.36. The number of amides is 1. The van der Waals surface area contributed by atoms with E-state index in [1.54, 1.807) is 50.4 Å². The van der Waals surface area contributed by atoms with E-state index in [0.29, 0.717) is 23.4 Å². The van der Waals surface area contributed by atoms with Crippen LogP contribution in [0.15, 0.2) is 42.5 Å². The van der Waals surface area contributed by atoms with Crippen LogP contribution >= 0.6 is 0 Å². The molecule has 2 aromatic carbocycles. The van der Waals surface area contributed by atoms with E-state index >= 15 is 0 Å². The van der Waals surface area contributed by atoms with Gasteiger partial charge in [-0.15, -0.1) is 0 Å². The molecule has 20 heavy (non-hydrogen) atoms. The van der Waals surface area contributed by atoms with E-state index in [-0.39, 0.29) is 11.7 Å². The number of hydrogen-bond acceptors (Lipinski definition) is 2.